The molecule has 0 spiro atoms. The first-order chi connectivity index (χ1) is 12.6. The van der Waals surface area contributed by atoms with E-state index >= 15 is 0 Å². The molecule has 1 N–H and O–H groups in total. The predicted molar refractivity (Wildman–Crippen MR) is 107 cm³/mol. The summed E-state index contributed by atoms with van der Waals surface area (Å²) in [5, 5.41) is 3.66. The van der Waals surface area contributed by atoms with Crippen molar-refractivity contribution in [3.05, 3.63) is 59.1 Å². The maximum atomic E-state index is 12.2. The first-order valence-electron chi connectivity index (χ1n) is 9.06. The van der Waals surface area contributed by atoms with E-state index < -0.39 is 0 Å². The summed E-state index contributed by atoms with van der Waals surface area (Å²) in [5.41, 5.74) is 3.09. The van der Waals surface area contributed by atoms with Crippen LogP contribution in [0.1, 0.15) is 24.8 Å². The average molecular weight is 373 g/mol. The number of carbonyl (C=O) groups is 1. The molecule has 0 atom stereocenters. The molecule has 1 aliphatic rings. The molecule has 3 rings (SSSR count). The molecule has 0 saturated carbocycles. The van der Waals surface area contributed by atoms with Gasteiger partial charge in [0.25, 0.3) is 0 Å². The second-order valence-corrected chi connectivity index (χ2v) is 7.08. The maximum absolute atomic E-state index is 12.2. The van der Waals surface area contributed by atoms with Crippen LogP contribution in [0.3, 0.4) is 0 Å². The lowest BCUT2D eigenvalue weighted by Gasteiger charge is -2.33. The van der Waals surface area contributed by atoms with Crippen molar-refractivity contribution in [3.8, 4) is 0 Å². The first-order valence-corrected chi connectivity index (χ1v) is 9.44. The lowest BCUT2D eigenvalue weighted by atomic mass is 10.1. The summed E-state index contributed by atoms with van der Waals surface area (Å²) in [4.78, 5) is 14.5. The predicted octanol–water partition coefficient (Wildman–Crippen LogP) is 4.53. The van der Waals surface area contributed by atoms with Gasteiger partial charge in [0, 0.05) is 43.0 Å². The van der Waals surface area contributed by atoms with Gasteiger partial charge in [0.1, 0.15) is 0 Å². The Kier molecular flexibility index (Phi) is 6.53. The van der Waals surface area contributed by atoms with Crippen molar-refractivity contribution in [3.63, 3.8) is 0 Å². The van der Waals surface area contributed by atoms with Gasteiger partial charge in [-0.05, 0) is 61.2 Å². The van der Waals surface area contributed by atoms with E-state index in [0.717, 1.165) is 37.2 Å². The molecule has 2 aromatic carbocycles. The van der Waals surface area contributed by atoms with Gasteiger partial charge in [-0.1, -0.05) is 23.7 Å². The van der Waals surface area contributed by atoms with Crippen molar-refractivity contribution in [1.82, 2.24) is 0 Å². The molecule has 0 radical (unpaired) electrons. The summed E-state index contributed by atoms with van der Waals surface area (Å²) >= 11 is 5.97. The normalized spacial score (nSPS) is 15.1. The van der Waals surface area contributed by atoms with Gasteiger partial charge in [0.05, 0.1) is 6.10 Å². The molecule has 4 nitrogen and oxygen atoms in total. The van der Waals surface area contributed by atoms with Gasteiger partial charge in [-0.25, -0.2) is 0 Å². The van der Waals surface area contributed by atoms with Crippen LogP contribution in [0.25, 0.3) is 0 Å². The van der Waals surface area contributed by atoms with E-state index in [9.17, 15) is 4.79 Å². The number of ether oxygens (including phenoxy) is 1. The van der Waals surface area contributed by atoms with Gasteiger partial charge in [-0.3, -0.25) is 4.79 Å². The van der Waals surface area contributed by atoms with Crippen LogP contribution >= 0.6 is 11.6 Å². The summed E-state index contributed by atoms with van der Waals surface area (Å²) in [7, 11) is 1.78. The SMILES string of the molecule is COC1CCN(c2ccc(NC(=O)CCc3cccc(Cl)c3)cc2)CC1. The second kappa shape index (κ2) is 9.06. The van der Waals surface area contributed by atoms with Gasteiger partial charge in [0.15, 0.2) is 0 Å². The van der Waals surface area contributed by atoms with Gasteiger partial charge in [-0.15, -0.1) is 0 Å². The third-order valence-corrected chi connectivity index (χ3v) is 5.06. The molecule has 26 heavy (non-hydrogen) atoms. The third-order valence-electron chi connectivity index (χ3n) is 4.82. The van der Waals surface area contributed by atoms with Gasteiger partial charge < -0.3 is 15.0 Å². The molecule has 1 aliphatic heterocycles. The minimum absolute atomic E-state index is 0.0126. The Morgan fingerprint density at radius 1 is 1.19 bits per heavy atom. The first kappa shape index (κ1) is 18.7. The van der Waals surface area contributed by atoms with E-state index in [-0.39, 0.29) is 5.91 Å². The average Bonchev–Trinajstić information content (AvgIpc) is 2.67. The van der Waals surface area contributed by atoms with E-state index in [4.69, 9.17) is 16.3 Å². The smallest absolute Gasteiger partial charge is 0.224 e. The highest BCUT2D eigenvalue weighted by atomic mass is 35.5. The molecule has 0 unspecified atom stereocenters. The summed E-state index contributed by atoms with van der Waals surface area (Å²) in [5.74, 6) is 0.0126. The third kappa shape index (κ3) is 5.23. The van der Waals surface area contributed by atoms with Crippen LogP contribution in [-0.4, -0.2) is 32.2 Å². The van der Waals surface area contributed by atoms with Gasteiger partial charge >= 0.3 is 0 Å². The Hall–Kier alpha value is -2.04. The second-order valence-electron chi connectivity index (χ2n) is 6.65. The molecule has 1 saturated heterocycles. The van der Waals surface area contributed by atoms with Gasteiger partial charge in [0.2, 0.25) is 5.91 Å². The Balaban J connectivity index is 1.48. The van der Waals surface area contributed by atoms with E-state index in [1.807, 2.05) is 36.4 Å². The Morgan fingerprint density at radius 3 is 2.58 bits per heavy atom. The number of rotatable bonds is 6. The molecule has 5 heteroatoms. The quantitative estimate of drug-likeness (QED) is 0.810. The fraction of sp³-hybridized carbons (Fsp3) is 0.381. The highest BCUT2D eigenvalue weighted by Gasteiger charge is 2.18. The zero-order valence-electron chi connectivity index (χ0n) is 15.1. The number of hydrogen-bond acceptors (Lipinski definition) is 3. The fourth-order valence-corrected chi connectivity index (χ4v) is 3.49. The van der Waals surface area contributed by atoms with E-state index in [2.05, 4.69) is 22.3 Å². The molecule has 0 aromatic heterocycles. The molecule has 0 aliphatic carbocycles. The molecular weight excluding hydrogens is 348 g/mol. The number of nitrogens with one attached hydrogen (secondary N) is 1. The zero-order chi connectivity index (χ0) is 18.4. The molecule has 1 amide bonds. The minimum Gasteiger partial charge on any atom is -0.381 e. The number of amides is 1. The molecule has 1 heterocycles. The Bertz CT molecular complexity index is 725. The Morgan fingerprint density at radius 2 is 1.92 bits per heavy atom. The molecule has 2 aromatic rings. The van der Waals surface area contributed by atoms with E-state index in [1.54, 1.807) is 7.11 Å². The number of benzene rings is 2. The highest BCUT2D eigenvalue weighted by Crippen LogP contribution is 2.23. The van der Waals surface area contributed by atoms with Crippen LogP contribution in [0.4, 0.5) is 11.4 Å². The topological polar surface area (TPSA) is 41.6 Å². The number of anilines is 2. The summed E-state index contributed by atoms with van der Waals surface area (Å²) in [6, 6.07) is 15.7. The van der Waals surface area contributed by atoms with Crippen molar-refractivity contribution in [2.45, 2.75) is 31.8 Å². The number of methoxy groups -OCH3 is 1. The van der Waals surface area contributed by atoms with E-state index in [0.29, 0.717) is 24.0 Å². The van der Waals surface area contributed by atoms with Crippen LogP contribution in [-0.2, 0) is 16.0 Å². The number of hydrogen-bond donors (Lipinski definition) is 1. The molecule has 1 fully saturated rings. The molecular formula is C21H25ClN2O2. The van der Waals surface area contributed by atoms with Crippen LogP contribution in [0, 0.1) is 0 Å². The van der Waals surface area contributed by atoms with Crippen molar-refractivity contribution in [2.75, 3.05) is 30.4 Å². The van der Waals surface area contributed by atoms with Crippen LogP contribution in [0.5, 0.6) is 0 Å². The van der Waals surface area contributed by atoms with Crippen LogP contribution in [0.2, 0.25) is 5.02 Å². The lowest BCUT2D eigenvalue weighted by Crippen LogP contribution is -2.36. The number of nitrogens with zero attached hydrogens (tertiary/aromatic N) is 1. The summed E-state index contributed by atoms with van der Waals surface area (Å²) < 4.78 is 5.42. The number of piperidine rings is 1. The Labute approximate surface area is 160 Å². The minimum atomic E-state index is 0.0126. The standard InChI is InChI=1S/C21H25ClN2O2/c1-26-20-11-13-24(14-12-20)19-8-6-18(7-9-19)23-21(25)10-5-16-3-2-4-17(22)15-16/h2-4,6-9,15,20H,5,10-14H2,1H3,(H,23,25). The summed E-state index contributed by atoms with van der Waals surface area (Å²) in [6.45, 7) is 2.01. The van der Waals surface area contributed by atoms with Crippen molar-refractivity contribution < 1.29 is 9.53 Å². The van der Waals surface area contributed by atoms with Crippen molar-refractivity contribution in [2.24, 2.45) is 0 Å². The van der Waals surface area contributed by atoms with Crippen molar-refractivity contribution >= 4 is 28.9 Å². The number of halogens is 1. The lowest BCUT2D eigenvalue weighted by molar-refractivity contribution is -0.116. The van der Waals surface area contributed by atoms with Crippen molar-refractivity contribution in [1.29, 1.82) is 0 Å². The fourth-order valence-electron chi connectivity index (χ4n) is 3.28. The number of aryl methyl sites for hydroxylation is 1. The molecule has 0 bridgehead atoms. The maximum Gasteiger partial charge on any atom is 0.224 e. The van der Waals surface area contributed by atoms with Crippen LogP contribution < -0.4 is 10.2 Å². The largest absolute Gasteiger partial charge is 0.381 e. The van der Waals surface area contributed by atoms with Gasteiger partial charge in [-0.2, -0.15) is 0 Å². The number of carbonyl (C=O) groups excluding carboxylic acids is 1. The monoisotopic (exact) mass is 372 g/mol. The summed E-state index contributed by atoms with van der Waals surface area (Å²) in [6.07, 6.45) is 3.60. The van der Waals surface area contributed by atoms with E-state index in [1.165, 1.54) is 5.69 Å². The zero-order valence-corrected chi connectivity index (χ0v) is 15.8. The molecule has 138 valence electrons. The highest BCUT2D eigenvalue weighted by molar-refractivity contribution is 6.30. The van der Waals surface area contributed by atoms with Crippen LogP contribution in [0.15, 0.2) is 48.5 Å².